The molecule has 0 radical (unpaired) electrons. The molecule has 128 valence electrons. The van der Waals surface area contributed by atoms with E-state index in [0.29, 0.717) is 31.4 Å². The molecule has 1 atom stereocenters. The molecule has 23 heavy (non-hydrogen) atoms. The van der Waals surface area contributed by atoms with Crippen LogP contribution in [-0.4, -0.2) is 50.5 Å². The summed E-state index contributed by atoms with van der Waals surface area (Å²) in [5.74, 6) is 0.298. The van der Waals surface area contributed by atoms with Gasteiger partial charge in [0.2, 0.25) is 0 Å². The molecular formula is C16H25FN4O2. The van der Waals surface area contributed by atoms with E-state index in [0.717, 1.165) is 32.4 Å². The third-order valence-electron chi connectivity index (χ3n) is 3.57. The number of guanidine groups is 1. The van der Waals surface area contributed by atoms with E-state index in [1.165, 1.54) is 6.07 Å². The number of rotatable bonds is 8. The van der Waals surface area contributed by atoms with Crippen molar-refractivity contribution in [3.63, 3.8) is 0 Å². The second-order valence-corrected chi connectivity index (χ2v) is 5.35. The van der Waals surface area contributed by atoms with E-state index in [2.05, 4.69) is 20.6 Å². The first-order chi connectivity index (χ1) is 11.3. The average molecular weight is 324 g/mol. The van der Waals surface area contributed by atoms with Crippen LogP contribution in [0, 0.1) is 5.82 Å². The molecule has 0 bridgehead atoms. The zero-order valence-corrected chi connectivity index (χ0v) is 13.6. The number of halogens is 1. The predicted octanol–water partition coefficient (Wildman–Crippen LogP) is 1.47. The van der Waals surface area contributed by atoms with E-state index < -0.39 is 0 Å². The maximum atomic E-state index is 13.5. The highest BCUT2D eigenvalue weighted by Crippen LogP contribution is 2.11. The Hall–Kier alpha value is -1.73. The van der Waals surface area contributed by atoms with Crippen LogP contribution in [0.15, 0.2) is 23.3 Å². The summed E-state index contributed by atoms with van der Waals surface area (Å²) >= 11 is 0. The maximum absolute atomic E-state index is 13.5. The van der Waals surface area contributed by atoms with Crippen LogP contribution in [0.3, 0.4) is 0 Å². The third kappa shape index (κ3) is 6.50. The molecule has 2 heterocycles. The Balaban J connectivity index is 1.55. The minimum atomic E-state index is -0.321. The summed E-state index contributed by atoms with van der Waals surface area (Å²) in [7, 11) is 1.68. The molecule has 1 saturated heterocycles. The van der Waals surface area contributed by atoms with Gasteiger partial charge in [-0.05, 0) is 31.4 Å². The van der Waals surface area contributed by atoms with Gasteiger partial charge in [0, 0.05) is 33.0 Å². The van der Waals surface area contributed by atoms with Crippen molar-refractivity contribution >= 4 is 5.96 Å². The first-order valence-electron chi connectivity index (χ1n) is 8.03. The number of nitrogens with one attached hydrogen (secondary N) is 2. The van der Waals surface area contributed by atoms with E-state index in [1.807, 2.05) is 0 Å². The van der Waals surface area contributed by atoms with Gasteiger partial charge in [0.1, 0.15) is 5.82 Å². The quantitative estimate of drug-likeness (QED) is 0.431. The van der Waals surface area contributed by atoms with Crippen LogP contribution in [0.4, 0.5) is 4.39 Å². The number of ether oxygens (including phenoxy) is 2. The van der Waals surface area contributed by atoms with E-state index in [4.69, 9.17) is 9.47 Å². The van der Waals surface area contributed by atoms with Gasteiger partial charge in [-0.3, -0.25) is 9.98 Å². The summed E-state index contributed by atoms with van der Waals surface area (Å²) in [6, 6.07) is 2.97. The lowest BCUT2D eigenvalue weighted by Crippen LogP contribution is -2.38. The minimum Gasteiger partial charge on any atom is -0.379 e. The van der Waals surface area contributed by atoms with E-state index in [1.54, 1.807) is 19.3 Å². The van der Waals surface area contributed by atoms with Crippen LogP contribution in [0.5, 0.6) is 0 Å². The Labute approximate surface area is 136 Å². The molecule has 0 aromatic carbocycles. The Morgan fingerprint density at radius 2 is 2.43 bits per heavy atom. The first kappa shape index (κ1) is 17.6. The molecule has 6 nitrogen and oxygen atoms in total. The second kappa shape index (κ2) is 10.1. The van der Waals surface area contributed by atoms with Gasteiger partial charge in [-0.1, -0.05) is 0 Å². The van der Waals surface area contributed by atoms with E-state index in [-0.39, 0.29) is 11.9 Å². The van der Waals surface area contributed by atoms with Gasteiger partial charge < -0.3 is 20.1 Å². The van der Waals surface area contributed by atoms with Gasteiger partial charge in [-0.25, -0.2) is 4.39 Å². The minimum absolute atomic E-state index is 0.269. The maximum Gasteiger partial charge on any atom is 0.191 e. The van der Waals surface area contributed by atoms with E-state index >= 15 is 0 Å². The number of aliphatic imine (C=N–C) groups is 1. The fourth-order valence-electron chi connectivity index (χ4n) is 2.31. The largest absolute Gasteiger partial charge is 0.379 e. The topological polar surface area (TPSA) is 67.8 Å². The molecule has 1 unspecified atom stereocenters. The number of pyridine rings is 1. The van der Waals surface area contributed by atoms with Crippen molar-refractivity contribution in [1.29, 1.82) is 0 Å². The lowest BCUT2D eigenvalue weighted by Gasteiger charge is -2.13. The summed E-state index contributed by atoms with van der Waals surface area (Å²) in [5.41, 5.74) is 0.371. The number of hydrogen-bond acceptors (Lipinski definition) is 4. The number of hydrogen-bond donors (Lipinski definition) is 2. The Bertz CT molecular complexity index is 493. The number of nitrogens with zero attached hydrogens (tertiary/aromatic N) is 2. The predicted molar refractivity (Wildman–Crippen MR) is 86.8 cm³/mol. The monoisotopic (exact) mass is 324 g/mol. The summed E-state index contributed by atoms with van der Waals surface area (Å²) in [6.07, 6.45) is 4.94. The van der Waals surface area contributed by atoms with Gasteiger partial charge in [-0.15, -0.1) is 0 Å². The molecule has 1 aromatic heterocycles. The molecule has 0 spiro atoms. The van der Waals surface area contributed by atoms with Crippen LogP contribution in [0.2, 0.25) is 0 Å². The van der Waals surface area contributed by atoms with Crippen molar-refractivity contribution in [3.05, 3.63) is 29.8 Å². The van der Waals surface area contributed by atoms with Gasteiger partial charge >= 0.3 is 0 Å². The van der Waals surface area contributed by atoms with Crippen LogP contribution in [-0.2, 0) is 16.0 Å². The van der Waals surface area contributed by atoms with Crippen LogP contribution < -0.4 is 10.6 Å². The lowest BCUT2D eigenvalue weighted by atomic mass is 10.2. The molecule has 1 aromatic rings. The normalized spacial score (nSPS) is 18.2. The molecular weight excluding hydrogens is 299 g/mol. The molecule has 1 aliphatic heterocycles. The molecule has 7 heteroatoms. The third-order valence-corrected chi connectivity index (χ3v) is 3.57. The average Bonchev–Trinajstić information content (AvgIpc) is 3.08. The highest BCUT2D eigenvalue weighted by Gasteiger charge is 2.14. The standard InChI is InChI=1S/C16H25FN4O2/c1-18-16(21-11-15-14(17)6-2-7-19-15)20-8-4-9-22-12-13-5-3-10-23-13/h2,6-7,13H,3-5,8-12H2,1H3,(H2,18,20,21). The summed E-state index contributed by atoms with van der Waals surface area (Å²) in [6.45, 7) is 3.23. The van der Waals surface area contributed by atoms with Crippen molar-refractivity contribution in [2.75, 3.05) is 33.4 Å². The molecule has 0 aliphatic carbocycles. The first-order valence-corrected chi connectivity index (χ1v) is 8.03. The summed E-state index contributed by atoms with van der Waals surface area (Å²) in [4.78, 5) is 8.09. The fraction of sp³-hybridized carbons (Fsp3) is 0.625. The van der Waals surface area contributed by atoms with Gasteiger partial charge in [0.05, 0.1) is 24.9 Å². The van der Waals surface area contributed by atoms with Crippen LogP contribution in [0.1, 0.15) is 25.0 Å². The molecule has 0 saturated carbocycles. The zero-order chi connectivity index (χ0) is 16.3. The Morgan fingerprint density at radius 1 is 1.52 bits per heavy atom. The highest BCUT2D eigenvalue weighted by molar-refractivity contribution is 5.79. The Morgan fingerprint density at radius 3 is 3.17 bits per heavy atom. The van der Waals surface area contributed by atoms with Crippen molar-refractivity contribution in [2.45, 2.75) is 31.9 Å². The van der Waals surface area contributed by atoms with Crippen LogP contribution in [0.25, 0.3) is 0 Å². The molecule has 0 amide bonds. The molecule has 2 N–H and O–H groups in total. The van der Waals surface area contributed by atoms with Gasteiger partial charge in [-0.2, -0.15) is 0 Å². The molecule has 1 fully saturated rings. The van der Waals surface area contributed by atoms with Gasteiger partial charge in [0.15, 0.2) is 5.96 Å². The second-order valence-electron chi connectivity index (χ2n) is 5.35. The highest BCUT2D eigenvalue weighted by atomic mass is 19.1. The van der Waals surface area contributed by atoms with Crippen molar-refractivity contribution in [3.8, 4) is 0 Å². The zero-order valence-electron chi connectivity index (χ0n) is 13.6. The summed E-state index contributed by atoms with van der Waals surface area (Å²) in [5, 5.41) is 6.20. The Kier molecular flexibility index (Phi) is 7.75. The summed E-state index contributed by atoms with van der Waals surface area (Å²) < 4.78 is 24.6. The lowest BCUT2D eigenvalue weighted by molar-refractivity contribution is 0.0168. The molecule has 2 rings (SSSR count). The van der Waals surface area contributed by atoms with Crippen molar-refractivity contribution in [2.24, 2.45) is 4.99 Å². The number of aromatic nitrogens is 1. The van der Waals surface area contributed by atoms with Gasteiger partial charge in [0.25, 0.3) is 0 Å². The smallest absolute Gasteiger partial charge is 0.191 e. The fourth-order valence-corrected chi connectivity index (χ4v) is 2.31. The SMILES string of the molecule is CN=C(NCCCOCC1CCCO1)NCc1ncccc1F. The van der Waals surface area contributed by atoms with Crippen molar-refractivity contribution < 1.29 is 13.9 Å². The molecule has 1 aliphatic rings. The van der Waals surface area contributed by atoms with Crippen LogP contribution >= 0.6 is 0 Å². The van der Waals surface area contributed by atoms with E-state index in [9.17, 15) is 4.39 Å². The van der Waals surface area contributed by atoms with Crippen molar-refractivity contribution in [1.82, 2.24) is 15.6 Å².